The Labute approximate surface area is 118 Å². The first kappa shape index (κ1) is 15.0. The first-order valence-corrected chi connectivity index (χ1v) is 7.86. The summed E-state index contributed by atoms with van der Waals surface area (Å²) in [5.74, 6) is 0.161. The van der Waals surface area contributed by atoms with E-state index >= 15 is 0 Å². The molecular formula is C13H18N2O4S. The molecule has 0 aromatic heterocycles. The molecule has 20 heavy (non-hydrogen) atoms. The molecule has 1 amide bonds. The van der Waals surface area contributed by atoms with E-state index in [0.29, 0.717) is 19.6 Å². The Morgan fingerprint density at radius 1 is 1.35 bits per heavy atom. The Morgan fingerprint density at radius 3 is 2.60 bits per heavy atom. The van der Waals surface area contributed by atoms with Crippen LogP contribution in [0.15, 0.2) is 29.2 Å². The molecule has 0 aliphatic carbocycles. The second kappa shape index (κ2) is 6.34. The van der Waals surface area contributed by atoms with Crippen molar-refractivity contribution in [2.75, 3.05) is 26.8 Å². The van der Waals surface area contributed by atoms with E-state index in [1.54, 1.807) is 24.3 Å². The van der Waals surface area contributed by atoms with Gasteiger partial charge >= 0.3 is 0 Å². The summed E-state index contributed by atoms with van der Waals surface area (Å²) in [4.78, 5) is 11.4. The standard InChI is InChI=1S/C13H18N2O4S/c1-19-7-6-15-20(17,18)12-4-2-10(3-5-12)11-8-13(16)14-9-11/h2-5,11,15H,6-9H2,1H3,(H,14,16)/t11-/m0/s1. The fraction of sp³-hybridized carbons (Fsp3) is 0.462. The molecule has 2 rings (SSSR count). The minimum absolute atomic E-state index is 0.0351. The number of amides is 1. The van der Waals surface area contributed by atoms with Gasteiger partial charge in [-0.15, -0.1) is 0 Å². The number of nitrogens with one attached hydrogen (secondary N) is 2. The number of ether oxygens (including phenoxy) is 1. The van der Waals surface area contributed by atoms with Gasteiger partial charge in [0.15, 0.2) is 0 Å². The molecular weight excluding hydrogens is 280 g/mol. The number of carbonyl (C=O) groups is 1. The summed E-state index contributed by atoms with van der Waals surface area (Å²) in [6.45, 7) is 1.17. The van der Waals surface area contributed by atoms with E-state index in [1.807, 2.05) is 0 Å². The highest BCUT2D eigenvalue weighted by Crippen LogP contribution is 2.24. The van der Waals surface area contributed by atoms with Crippen molar-refractivity contribution in [2.24, 2.45) is 0 Å². The molecule has 0 unspecified atom stereocenters. The Morgan fingerprint density at radius 2 is 2.05 bits per heavy atom. The van der Waals surface area contributed by atoms with Crippen LogP contribution in [0.1, 0.15) is 17.9 Å². The van der Waals surface area contributed by atoms with Gasteiger partial charge in [0, 0.05) is 32.5 Å². The monoisotopic (exact) mass is 298 g/mol. The minimum Gasteiger partial charge on any atom is -0.383 e. The predicted octanol–water partition coefficient (Wildman–Crippen LogP) is 0.215. The second-order valence-electron chi connectivity index (χ2n) is 4.66. The molecule has 7 heteroatoms. The molecule has 1 aliphatic rings. The van der Waals surface area contributed by atoms with Gasteiger partial charge in [-0.05, 0) is 17.7 Å². The Bertz CT molecular complexity index is 569. The summed E-state index contributed by atoms with van der Waals surface area (Å²) in [7, 11) is -1.98. The summed E-state index contributed by atoms with van der Waals surface area (Å²) in [6, 6.07) is 6.65. The first-order valence-electron chi connectivity index (χ1n) is 6.38. The van der Waals surface area contributed by atoms with Gasteiger partial charge in [-0.2, -0.15) is 0 Å². The van der Waals surface area contributed by atoms with E-state index < -0.39 is 10.0 Å². The van der Waals surface area contributed by atoms with Crippen LogP contribution in [0.25, 0.3) is 0 Å². The maximum absolute atomic E-state index is 12.0. The normalized spacial score (nSPS) is 19.1. The van der Waals surface area contributed by atoms with Crippen molar-refractivity contribution in [1.29, 1.82) is 0 Å². The van der Waals surface area contributed by atoms with Gasteiger partial charge in [-0.25, -0.2) is 13.1 Å². The van der Waals surface area contributed by atoms with Crippen LogP contribution in [0.3, 0.4) is 0 Å². The maximum atomic E-state index is 12.0. The lowest BCUT2D eigenvalue weighted by Gasteiger charge is -2.10. The maximum Gasteiger partial charge on any atom is 0.240 e. The van der Waals surface area contributed by atoms with Crippen molar-refractivity contribution in [3.8, 4) is 0 Å². The van der Waals surface area contributed by atoms with Crippen LogP contribution in [0, 0.1) is 0 Å². The zero-order chi connectivity index (χ0) is 14.6. The molecule has 6 nitrogen and oxygen atoms in total. The fourth-order valence-corrected chi connectivity index (χ4v) is 3.13. The van der Waals surface area contributed by atoms with Crippen LogP contribution in [-0.2, 0) is 19.6 Å². The van der Waals surface area contributed by atoms with Crippen LogP contribution < -0.4 is 10.0 Å². The van der Waals surface area contributed by atoms with E-state index in [0.717, 1.165) is 5.56 Å². The topological polar surface area (TPSA) is 84.5 Å². The van der Waals surface area contributed by atoms with Crippen LogP contribution >= 0.6 is 0 Å². The summed E-state index contributed by atoms with van der Waals surface area (Å²) in [6.07, 6.45) is 0.457. The number of carbonyl (C=O) groups excluding carboxylic acids is 1. The van der Waals surface area contributed by atoms with Gasteiger partial charge in [0.2, 0.25) is 15.9 Å². The molecule has 1 atom stereocenters. The number of hydrogen-bond donors (Lipinski definition) is 2. The second-order valence-corrected chi connectivity index (χ2v) is 6.43. The summed E-state index contributed by atoms with van der Waals surface area (Å²) >= 11 is 0. The van der Waals surface area contributed by atoms with Gasteiger partial charge < -0.3 is 10.1 Å². The molecule has 1 saturated heterocycles. The largest absolute Gasteiger partial charge is 0.383 e. The fourth-order valence-electron chi connectivity index (χ4n) is 2.12. The van der Waals surface area contributed by atoms with Gasteiger partial charge in [-0.1, -0.05) is 12.1 Å². The highest BCUT2D eigenvalue weighted by molar-refractivity contribution is 7.89. The molecule has 110 valence electrons. The highest BCUT2D eigenvalue weighted by atomic mass is 32.2. The lowest BCUT2D eigenvalue weighted by Crippen LogP contribution is -2.27. The SMILES string of the molecule is COCCNS(=O)(=O)c1ccc([C@@H]2CNC(=O)C2)cc1. The molecule has 1 aromatic rings. The van der Waals surface area contributed by atoms with E-state index in [9.17, 15) is 13.2 Å². The van der Waals surface area contributed by atoms with Crippen molar-refractivity contribution in [1.82, 2.24) is 10.0 Å². The van der Waals surface area contributed by atoms with Crippen molar-refractivity contribution in [3.05, 3.63) is 29.8 Å². The van der Waals surface area contributed by atoms with E-state index in [-0.39, 0.29) is 23.3 Å². The zero-order valence-corrected chi connectivity index (χ0v) is 12.1. The quantitative estimate of drug-likeness (QED) is 0.736. The highest BCUT2D eigenvalue weighted by Gasteiger charge is 2.23. The molecule has 0 spiro atoms. The lowest BCUT2D eigenvalue weighted by atomic mass is 9.99. The third-order valence-electron chi connectivity index (χ3n) is 3.24. The van der Waals surface area contributed by atoms with Gasteiger partial charge in [0.05, 0.1) is 11.5 Å². The number of hydrogen-bond acceptors (Lipinski definition) is 4. The molecule has 0 bridgehead atoms. The van der Waals surface area contributed by atoms with Crippen molar-refractivity contribution < 1.29 is 17.9 Å². The van der Waals surface area contributed by atoms with Gasteiger partial charge in [0.25, 0.3) is 0 Å². The molecule has 0 radical (unpaired) electrons. The third kappa shape index (κ3) is 3.56. The summed E-state index contributed by atoms with van der Waals surface area (Å²) in [5, 5.41) is 2.76. The lowest BCUT2D eigenvalue weighted by molar-refractivity contribution is -0.119. The molecule has 1 aliphatic heterocycles. The number of benzene rings is 1. The number of sulfonamides is 1. The molecule has 1 fully saturated rings. The molecule has 1 heterocycles. The zero-order valence-electron chi connectivity index (χ0n) is 11.3. The van der Waals surface area contributed by atoms with Gasteiger partial charge in [-0.3, -0.25) is 4.79 Å². The molecule has 0 saturated carbocycles. The van der Waals surface area contributed by atoms with Gasteiger partial charge in [0.1, 0.15) is 0 Å². The number of methoxy groups -OCH3 is 1. The number of rotatable bonds is 6. The third-order valence-corrected chi connectivity index (χ3v) is 4.71. The van der Waals surface area contributed by atoms with Crippen molar-refractivity contribution >= 4 is 15.9 Å². The van der Waals surface area contributed by atoms with Crippen LogP contribution in [0.5, 0.6) is 0 Å². The van der Waals surface area contributed by atoms with Crippen LogP contribution in [0.2, 0.25) is 0 Å². The first-order chi connectivity index (χ1) is 9.53. The van der Waals surface area contributed by atoms with Crippen molar-refractivity contribution in [3.63, 3.8) is 0 Å². The Balaban J connectivity index is 2.05. The average molecular weight is 298 g/mol. The van der Waals surface area contributed by atoms with E-state index in [1.165, 1.54) is 7.11 Å². The molecule has 2 N–H and O–H groups in total. The summed E-state index contributed by atoms with van der Waals surface area (Å²) < 4.78 is 31.2. The van der Waals surface area contributed by atoms with E-state index in [4.69, 9.17) is 4.74 Å². The van der Waals surface area contributed by atoms with E-state index in [2.05, 4.69) is 10.0 Å². The van der Waals surface area contributed by atoms with Crippen LogP contribution in [0.4, 0.5) is 0 Å². The Hall–Kier alpha value is -1.44. The average Bonchev–Trinajstić information content (AvgIpc) is 2.86. The van der Waals surface area contributed by atoms with Crippen LogP contribution in [-0.4, -0.2) is 41.1 Å². The minimum atomic E-state index is -3.50. The smallest absolute Gasteiger partial charge is 0.240 e. The molecule has 1 aromatic carbocycles. The summed E-state index contributed by atoms with van der Waals surface area (Å²) in [5.41, 5.74) is 0.971. The predicted molar refractivity (Wildman–Crippen MR) is 73.9 cm³/mol. The van der Waals surface area contributed by atoms with Crippen molar-refractivity contribution in [2.45, 2.75) is 17.2 Å². The Kier molecular flexibility index (Phi) is 4.74.